The number of nitrogens with one attached hydrogen (secondary N) is 1. The van der Waals surface area contributed by atoms with Crippen LogP contribution in [0.3, 0.4) is 0 Å². The van der Waals surface area contributed by atoms with Crippen molar-refractivity contribution in [2.45, 2.75) is 26.2 Å². The Kier molecular flexibility index (Phi) is 2.62. The molecule has 1 aliphatic rings. The van der Waals surface area contributed by atoms with Crippen LogP contribution in [0.2, 0.25) is 0 Å². The van der Waals surface area contributed by atoms with Crippen LogP contribution >= 0.6 is 0 Å². The summed E-state index contributed by atoms with van der Waals surface area (Å²) in [6.45, 7) is 7.46. The number of benzene rings is 1. The van der Waals surface area contributed by atoms with E-state index < -0.39 is 0 Å². The van der Waals surface area contributed by atoms with Gasteiger partial charge in [0.25, 0.3) is 5.91 Å². The van der Waals surface area contributed by atoms with Crippen molar-refractivity contribution >= 4 is 5.91 Å². The Morgan fingerprint density at radius 2 is 2.06 bits per heavy atom. The van der Waals surface area contributed by atoms with E-state index in [0.29, 0.717) is 18.7 Å². The van der Waals surface area contributed by atoms with Crippen LogP contribution in [0.15, 0.2) is 18.2 Å². The van der Waals surface area contributed by atoms with E-state index in [-0.39, 0.29) is 11.3 Å². The van der Waals surface area contributed by atoms with Gasteiger partial charge in [0.2, 0.25) is 0 Å². The van der Waals surface area contributed by atoms with Gasteiger partial charge in [-0.15, -0.1) is 0 Å². The molecule has 0 fully saturated rings. The molecular formula is C13H17NO2. The molecule has 2 rings (SSSR count). The first kappa shape index (κ1) is 11.0. The van der Waals surface area contributed by atoms with E-state index in [9.17, 15) is 4.79 Å². The van der Waals surface area contributed by atoms with E-state index in [4.69, 9.17) is 4.74 Å². The molecule has 0 saturated carbocycles. The third-order valence-electron chi connectivity index (χ3n) is 2.70. The number of hydrogen-bond acceptors (Lipinski definition) is 2. The van der Waals surface area contributed by atoms with Gasteiger partial charge >= 0.3 is 0 Å². The van der Waals surface area contributed by atoms with Gasteiger partial charge in [-0.05, 0) is 11.5 Å². The van der Waals surface area contributed by atoms with E-state index in [1.165, 1.54) is 0 Å². The van der Waals surface area contributed by atoms with E-state index >= 15 is 0 Å². The quantitative estimate of drug-likeness (QED) is 0.725. The highest BCUT2D eigenvalue weighted by Crippen LogP contribution is 2.34. The highest BCUT2D eigenvalue weighted by atomic mass is 16.5. The summed E-state index contributed by atoms with van der Waals surface area (Å²) < 4.78 is 5.69. The molecule has 1 aromatic carbocycles. The second kappa shape index (κ2) is 3.81. The average molecular weight is 219 g/mol. The third kappa shape index (κ3) is 1.90. The molecule has 0 aromatic heterocycles. The van der Waals surface area contributed by atoms with Crippen LogP contribution in [-0.4, -0.2) is 19.1 Å². The molecule has 0 radical (unpaired) electrons. The molecule has 1 N–H and O–H groups in total. The minimum absolute atomic E-state index is 0.0179. The van der Waals surface area contributed by atoms with Crippen molar-refractivity contribution in [3.05, 3.63) is 29.3 Å². The first-order valence-electron chi connectivity index (χ1n) is 5.54. The second-order valence-corrected chi connectivity index (χ2v) is 5.04. The Balaban J connectivity index is 2.58. The van der Waals surface area contributed by atoms with Crippen LogP contribution in [0.4, 0.5) is 0 Å². The Bertz CT molecular complexity index is 418. The fourth-order valence-electron chi connectivity index (χ4n) is 1.87. The standard InChI is InChI=1S/C13H17NO2/c1-13(2,3)10-6-4-5-9-11(10)16-8-7-14-12(9)15/h4-6H,7-8H2,1-3H3,(H,14,15). The van der Waals surface area contributed by atoms with E-state index in [2.05, 4.69) is 26.1 Å². The zero-order chi connectivity index (χ0) is 11.8. The van der Waals surface area contributed by atoms with Crippen LogP contribution in [0, 0.1) is 0 Å². The molecule has 3 heteroatoms. The van der Waals surface area contributed by atoms with Gasteiger partial charge < -0.3 is 10.1 Å². The molecule has 1 aliphatic heterocycles. The second-order valence-electron chi connectivity index (χ2n) is 5.04. The number of hydrogen-bond donors (Lipinski definition) is 1. The smallest absolute Gasteiger partial charge is 0.255 e. The number of ether oxygens (including phenoxy) is 1. The monoisotopic (exact) mass is 219 g/mol. The number of para-hydroxylation sites is 1. The topological polar surface area (TPSA) is 38.3 Å². The zero-order valence-corrected chi connectivity index (χ0v) is 9.96. The van der Waals surface area contributed by atoms with Crippen molar-refractivity contribution in [3.8, 4) is 5.75 Å². The molecule has 1 heterocycles. The number of carbonyl (C=O) groups excluding carboxylic acids is 1. The van der Waals surface area contributed by atoms with Crippen molar-refractivity contribution in [1.82, 2.24) is 5.32 Å². The molecular weight excluding hydrogens is 202 g/mol. The van der Waals surface area contributed by atoms with Gasteiger partial charge in [0.1, 0.15) is 12.4 Å². The van der Waals surface area contributed by atoms with Crippen LogP contribution in [0.1, 0.15) is 36.7 Å². The molecule has 3 nitrogen and oxygen atoms in total. The minimum atomic E-state index is -0.0430. The number of carbonyl (C=O) groups is 1. The van der Waals surface area contributed by atoms with E-state index in [1.807, 2.05) is 18.2 Å². The van der Waals surface area contributed by atoms with Gasteiger partial charge in [-0.25, -0.2) is 0 Å². The highest BCUT2D eigenvalue weighted by Gasteiger charge is 2.25. The molecule has 16 heavy (non-hydrogen) atoms. The normalized spacial score (nSPS) is 15.8. The molecule has 86 valence electrons. The summed E-state index contributed by atoms with van der Waals surface area (Å²) in [7, 11) is 0. The predicted octanol–water partition coefficient (Wildman–Crippen LogP) is 2.11. The highest BCUT2D eigenvalue weighted by molar-refractivity contribution is 5.97. The lowest BCUT2D eigenvalue weighted by molar-refractivity contribution is 0.0957. The Morgan fingerprint density at radius 3 is 2.75 bits per heavy atom. The van der Waals surface area contributed by atoms with Crippen molar-refractivity contribution in [2.24, 2.45) is 0 Å². The lowest BCUT2D eigenvalue weighted by Gasteiger charge is -2.23. The number of rotatable bonds is 0. The van der Waals surface area contributed by atoms with Gasteiger partial charge in [-0.2, -0.15) is 0 Å². The maximum Gasteiger partial charge on any atom is 0.255 e. The molecule has 0 aliphatic carbocycles. The Hall–Kier alpha value is -1.51. The molecule has 0 atom stereocenters. The van der Waals surface area contributed by atoms with Crippen LogP contribution in [-0.2, 0) is 5.41 Å². The summed E-state index contributed by atoms with van der Waals surface area (Å²) >= 11 is 0. The molecule has 1 aromatic rings. The minimum Gasteiger partial charge on any atom is -0.491 e. The summed E-state index contributed by atoms with van der Waals surface area (Å²) in [5, 5.41) is 2.82. The van der Waals surface area contributed by atoms with Crippen LogP contribution in [0.25, 0.3) is 0 Å². The molecule has 0 unspecified atom stereocenters. The zero-order valence-electron chi connectivity index (χ0n) is 9.96. The van der Waals surface area contributed by atoms with Crippen LogP contribution in [0.5, 0.6) is 5.75 Å². The molecule has 0 saturated heterocycles. The van der Waals surface area contributed by atoms with E-state index in [0.717, 1.165) is 11.3 Å². The SMILES string of the molecule is CC(C)(C)c1cccc2c1OCCNC2=O. The number of fused-ring (bicyclic) bond motifs is 1. The maximum atomic E-state index is 11.8. The van der Waals surface area contributed by atoms with Gasteiger partial charge in [-0.1, -0.05) is 32.9 Å². The Labute approximate surface area is 95.8 Å². The maximum absolute atomic E-state index is 11.8. The van der Waals surface area contributed by atoms with Gasteiger partial charge in [0.05, 0.1) is 12.1 Å². The first-order chi connectivity index (χ1) is 7.50. The summed E-state index contributed by atoms with van der Waals surface area (Å²) in [5.74, 6) is 0.698. The first-order valence-corrected chi connectivity index (χ1v) is 5.54. The van der Waals surface area contributed by atoms with Crippen molar-refractivity contribution < 1.29 is 9.53 Å². The predicted molar refractivity (Wildman–Crippen MR) is 63.0 cm³/mol. The fraction of sp³-hybridized carbons (Fsp3) is 0.462. The van der Waals surface area contributed by atoms with Crippen molar-refractivity contribution in [1.29, 1.82) is 0 Å². The summed E-state index contributed by atoms with van der Waals surface area (Å²) in [6.07, 6.45) is 0. The summed E-state index contributed by atoms with van der Waals surface area (Å²) in [6, 6.07) is 5.75. The van der Waals surface area contributed by atoms with Crippen molar-refractivity contribution in [2.75, 3.05) is 13.2 Å². The van der Waals surface area contributed by atoms with Gasteiger partial charge in [0.15, 0.2) is 0 Å². The Morgan fingerprint density at radius 1 is 1.31 bits per heavy atom. The molecule has 0 spiro atoms. The third-order valence-corrected chi connectivity index (χ3v) is 2.70. The summed E-state index contributed by atoms with van der Waals surface area (Å²) in [5.41, 5.74) is 1.71. The molecule has 0 bridgehead atoms. The molecule has 1 amide bonds. The van der Waals surface area contributed by atoms with Crippen molar-refractivity contribution in [3.63, 3.8) is 0 Å². The van der Waals surface area contributed by atoms with Gasteiger partial charge in [-0.3, -0.25) is 4.79 Å². The van der Waals surface area contributed by atoms with Crippen LogP contribution < -0.4 is 10.1 Å². The van der Waals surface area contributed by atoms with Gasteiger partial charge in [0, 0.05) is 5.56 Å². The lowest BCUT2D eigenvalue weighted by Crippen LogP contribution is -2.24. The van der Waals surface area contributed by atoms with E-state index in [1.54, 1.807) is 0 Å². The average Bonchev–Trinajstić information content (AvgIpc) is 2.39. The largest absolute Gasteiger partial charge is 0.491 e. The summed E-state index contributed by atoms with van der Waals surface area (Å²) in [4.78, 5) is 11.8. The fourth-order valence-corrected chi connectivity index (χ4v) is 1.87. The number of amides is 1. The lowest BCUT2D eigenvalue weighted by atomic mass is 9.85.